The highest BCUT2D eigenvalue weighted by molar-refractivity contribution is 5.82. The quantitative estimate of drug-likeness (QED) is 0.828. The van der Waals surface area contributed by atoms with Crippen LogP contribution in [0.5, 0.6) is 5.75 Å². The zero-order chi connectivity index (χ0) is 11.8. The molecule has 2 heterocycles. The summed E-state index contributed by atoms with van der Waals surface area (Å²) in [7, 11) is 0. The number of nitrogens with zero attached hydrogens (tertiary/aromatic N) is 2. The molecule has 0 radical (unpaired) electrons. The summed E-state index contributed by atoms with van der Waals surface area (Å²) in [4.78, 5) is 4.44. The molecular weight excluding hydrogens is 214 g/mol. The van der Waals surface area contributed by atoms with Gasteiger partial charge in [0.25, 0.3) is 0 Å². The van der Waals surface area contributed by atoms with E-state index in [2.05, 4.69) is 14.9 Å². The lowest BCUT2D eigenvalue weighted by Crippen LogP contribution is -2.27. The molecule has 1 aromatic carbocycles. The van der Waals surface area contributed by atoms with Crippen LogP contribution >= 0.6 is 0 Å². The predicted molar refractivity (Wildman–Crippen MR) is 67.2 cm³/mol. The number of para-hydroxylation sites is 1. The fourth-order valence-electron chi connectivity index (χ4n) is 2.61. The van der Waals surface area contributed by atoms with Crippen molar-refractivity contribution in [3.63, 3.8) is 0 Å². The van der Waals surface area contributed by atoms with Gasteiger partial charge in [-0.3, -0.25) is 0 Å². The minimum atomic E-state index is 0.267. The first-order valence-electron chi connectivity index (χ1n) is 6.14. The number of fused-ring (bicyclic) bond motifs is 1. The molecular formula is C13H17N3O. The van der Waals surface area contributed by atoms with Crippen molar-refractivity contribution < 1.29 is 5.11 Å². The molecule has 17 heavy (non-hydrogen) atoms. The van der Waals surface area contributed by atoms with Crippen LogP contribution in [0.15, 0.2) is 18.2 Å². The summed E-state index contributed by atoms with van der Waals surface area (Å²) >= 11 is 0. The van der Waals surface area contributed by atoms with E-state index in [0.29, 0.717) is 11.6 Å². The molecule has 0 amide bonds. The zero-order valence-corrected chi connectivity index (χ0v) is 9.98. The van der Waals surface area contributed by atoms with Gasteiger partial charge in [0.1, 0.15) is 17.1 Å². The van der Waals surface area contributed by atoms with Crippen LogP contribution in [0.4, 0.5) is 0 Å². The van der Waals surface area contributed by atoms with Crippen LogP contribution in [0, 0.1) is 6.92 Å². The van der Waals surface area contributed by atoms with E-state index in [-0.39, 0.29) is 5.75 Å². The maximum Gasteiger partial charge on any atom is 0.143 e. The number of hydrogen-bond donors (Lipinski definition) is 2. The van der Waals surface area contributed by atoms with E-state index in [1.165, 1.54) is 12.8 Å². The minimum Gasteiger partial charge on any atom is -0.506 e. The van der Waals surface area contributed by atoms with Crippen molar-refractivity contribution in [2.24, 2.45) is 0 Å². The van der Waals surface area contributed by atoms with E-state index < -0.39 is 0 Å². The SMILES string of the molecule is Cc1nc2c(O)cccc2n1CC1CCCN1. The molecule has 1 fully saturated rings. The Morgan fingerprint density at radius 2 is 2.41 bits per heavy atom. The summed E-state index contributed by atoms with van der Waals surface area (Å²) in [6.45, 7) is 4.04. The molecule has 4 nitrogen and oxygen atoms in total. The highest BCUT2D eigenvalue weighted by Crippen LogP contribution is 2.25. The smallest absolute Gasteiger partial charge is 0.143 e. The number of benzene rings is 1. The van der Waals surface area contributed by atoms with Crippen LogP contribution in [0.25, 0.3) is 11.0 Å². The number of nitrogens with one attached hydrogen (secondary N) is 1. The molecule has 1 aliphatic rings. The third kappa shape index (κ3) is 1.78. The molecule has 0 saturated carbocycles. The average molecular weight is 231 g/mol. The molecule has 1 atom stereocenters. The molecule has 0 aliphatic carbocycles. The Labute approximate surface area is 100 Å². The molecule has 90 valence electrons. The Kier molecular flexibility index (Phi) is 2.52. The molecule has 1 saturated heterocycles. The maximum absolute atomic E-state index is 9.78. The van der Waals surface area contributed by atoms with Gasteiger partial charge in [-0.2, -0.15) is 0 Å². The van der Waals surface area contributed by atoms with Crippen molar-refractivity contribution in [2.45, 2.75) is 32.4 Å². The monoisotopic (exact) mass is 231 g/mol. The van der Waals surface area contributed by atoms with Crippen LogP contribution in [0.1, 0.15) is 18.7 Å². The third-order valence-corrected chi connectivity index (χ3v) is 3.51. The number of phenols is 1. The van der Waals surface area contributed by atoms with Crippen molar-refractivity contribution >= 4 is 11.0 Å². The molecule has 1 unspecified atom stereocenters. The van der Waals surface area contributed by atoms with Gasteiger partial charge in [0.05, 0.1) is 5.52 Å². The fraction of sp³-hybridized carbons (Fsp3) is 0.462. The Morgan fingerprint density at radius 3 is 3.18 bits per heavy atom. The van der Waals surface area contributed by atoms with Crippen LogP contribution in [0.3, 0.4) is 0 Å². The standard InChI is InChI=1S/C13H17N3O/c1-9-15-13-11(5-2-6-12(13)17)16(9)8-10-4-3-7-14-10/h2,5-6,10,14,17H,3-4,7-8H2,1H3. The summed E-state index contributed by atoms with van der Waals surface area (Å²) in [5.41, 5.74) is 1.74. The van der Waals surface area contributed by atoms with Gasteiger partial charge in [-0.25, -0.2) is 4.98 Å². The molecule has 2 N–H and O–H groups in total. The van der Waals surface area contributed by atoms with E-state index in [0.717, 1.165) is 24.4 Å². The first kappa shape index (κ1) is 10.6. The van der Waals surface area contributed by atoms with Crippen molar-refractivity contribution in [1.29, 1.82) is 0 Å². The second kappa shape index (κ2) is 4.04. The van der Waals surface area contributed by atoms with Crippen LogP contribution in [-0.4, -0.2) is 27.2 Å². The van der Waals surface area contributed by atoms with Crippen LogP contribution < -0.4 is 5.32 Å². The average Bonchev–Trinajstić information content (AvgIpc) is 2.91. The molecule has 2 aromatic rings. The highest BCUT2D eigenvalue weighted by atomic mass is 16.3. The van der Waals surface area contributed by atoms with Crippen LogP contribution in [-0.2, 0) is 6.54 Å². The number of rotatable bonds is 2. The van der Waals surface area contributed by atoms with Crippen molar-refractivity contribution in [3.8, 4) is 5.75 Å². The number of aryl methyl sites for hydroxylation is 1. The summed E-state index contributed by atoms with van der Waals surface area (Å²) in [5.74, 6) is 1.24. The highest BCUT2D eigenvalue weighted by Gasteiger charge is 2.17. The molecule has 1 aromatic heterocycles. The van der Waals surface area contributed by atoms with E-state index in [1.54, 1.807) is 6.07 Å². The lowest BCUT2D eigenvalue weighted by atomic mass is 10.2. The first-order chi connectivity index (χ1) is 8.25. The van der Waals surface area contributed by atoms with E-state index in [9.17, 15) is 5.11 Å². The van der Waals surface area contributed by atoms with Gasteiger partial charge >= 0.3 is 0 Å². The summed E-state index contributed by atoms with van der Waals surface area (Å²) in [6, 6.07) is 6.11. The Hall–Kier alpha value is -1.55. The van der Waals surface area contributed by atoms with Gasteiger partial charge in [0, 0.05) is 12.6 Å². The molecule has 3 rings (SSSR count). The maximum atomic E-state index is 9.78. The van der Waals surface area contributed by atoms with Crippen LogP contribution in [0.2, 0.25) is 0 Å². The minimum absolute atomic E-state index is 0.267. The largest absolute Gasteiger partial charge is 0.506 e. The van der Waals surface area contributed by atoms with Gasteiger partial charge in [-0.15, -0.1) is 0 Å². The zero-order valence-electron chi connectivity index (χ0n) is 9.98. The van der Waals surface area contributed by atoms with Gasteiger partial charge in [-0.1, -0.05) is 6.07 Å². The third-order valence-electron chi connectivity index (χ3n) is 3.51. The number of aromatic nitrogens is 2. The second-order valence-corrected chi connectivity index (χ2v) is 4.71. The number of imidazole rings is 1. The van der Waals surface area contributed by atoms with Gasteiger partial charge in [0.2, 0.25) is 0 Å². The Morgan fingerprint density at radius 1 is 1.53 bits per heavy atom. The van der Waals surface area contributed by atoms with E-state index >= 15 is 0 Å². The normalized spacial score (nSPS) is 20.2. The predicted octanol–water partition coefficient (Wildman–Crippen LogP) is 1.80. The van der Waals surface area contributed by atoms with E-state index in [4.69, 9.17) is 0 Å². The second-order valence-electron chi connectivity index (χ2n) is 4.71. The number of phenolic OH excluding ortho intramolecular Hbond substituents is 1. The number of hydrogen-bond acceptors (Lipinski definition) is 3. The van der Waals surface area contributed by atoms with Gasteiger partial charge in [0.15, 0.2) is 0 Å². The molecule has 0 bridgehead atoms. The van der Waals surface area contributed by atoms with Gasteiger partial charge < -0.3 is 15.0 Å². The lowest BCUT2D eigenvalue weighted by Gasteiger charge is -2.13. The first-order valence-corrected chi connectivity index (χ1v) is 6.14. The van der Waals surface area contributed by atoms with Crippen molar-refractivity contribution in [2.75, 3.05) is 6.54 Å². The van der Waals surface area contributed by atoms with Crippen molar-refractivity contribution in [1.82, 2.24) is 14.9 Å². The topological polar surface area (TPSA) is 50.1 Å². The molecule has 1 aliphatic heterocycles. The fourth-order valence-corrected chi connectivity index (χ4v) is 2.61. The van der Waals surface area contributed by atoms with Gasteiger partial charge in [-0.05, 0) is 38.4 Å². The summed E-state index contributed by atoms with van der Waals surface area (Å²) in [6.07, 6.45) is 2.47. The summed E-state index contributed by atoms with van der Waals surface area (Å²) in [5, 5.41) is 13.3. The summed E-state index contributed by atoms with van der Waals surface area (Å²) < 4.78 is 2.19. The van der Waals surface area contributed by atoms with E-state index in [1.807, 2.05) is 19.1 Å². The molecule has 4 heteroatoms. The number of aromatic hydroxyl groups is 1. The Balaban J connectivity index is 2.02. The molecule has 0 spiro atoms. The Bertz CT molecular complexity index is 541. The lowest BCUT2D eigenvalue weighted by molar-refractivity contribution is 0.480. The van der Waals surface area contributed by atoms with Crippen molar-refractivity contribution in [3.05, 3.63) is 24.0 Å².